The van der Waals surface area contributed by atoms with E-state index in [0.29, 0.717) is 17.7 Å². The molecular formula is C13H18BrFN2O. The van der Waals surface area contributed by atoms with E-state index in [0.717, 1.165) is 37.2 Å². The number of piperazine rings is 1. The Labute approximate surface area is 115 Å². The number of nitrogens with zero attached hydrogens (tertiary/aromatic N) is 1. The van der Waals surface area contributed by atoms with Gasteiger partial charge in [-0.15, -0.1) is 0 Å². The summed E-state index contributed by atoms with van der Waals surface area (Å²) in [5.74, 6) is 0.0653. The van der Waals surface area contributed by atoms with E-state index in [1.54, 1.807) is 6.07 Å². The maximum absolute atomic E-state index is 14.0. The van der Waals surface area contributed by atoms with Crippen molar-refractivity contribution in [2.45, 2.75) is 6.42 Å². The third kappa shape index (κ3) is 3.43. The number of ether oxygens (including phenoxy) is 1. The van der Waals surface area contributed by atoms with Gasteiger partial charge in [0.15, 0.2) is 11.6 Å². The summed E-state index contributed by atoms with van der Waals surface area (Å²) in [6.45, 7) is 4.99. The average molecular weight is 317 g/mol. The van der Waals surface area contributed by atoms with Crippen LogP contribution < -0.4 is 10.1 Å². The Morgan fingerprint density at radius 1 is 1.39 bits per heavy atom. The molecule has 1 fully saturated rings. The molecule has 0 aromatic heterocycles. The lowest BCUT2D eigenvalue weighted by Crippen LogP contribution is -2.44. The quantitative estimate of drug-likeness (QED) is 0.920. The van der Waals surface area contributed by atoms with Gasteiger partial charge in [-0.05, 0) is 24.1 Å². The van der Waals surface area contributed by atoms with Gasteiger partial charge in [0.05, 0.1) is 7.11 Å². The van der Waals surface area contributed by atoms with E-state index in [4.69, 9.17) is 4.74 Å². The van der Waals surface area contributed by atoms with Crippen LogP contribution in [0.3, 0.4) is 0 Å². The highest BCUT2D eigenvalue weighted by atomic mass is 79.9. The Bertz CT molecular complexity index is 408. The second kappa shape index (κ2) is 6.50. The molecule has 1 aliphatic rings. The fourth-order valence-corrected chi connectivity index (χ4v) is 2.65. The topological polar surface area (TPSA) is 24.5 Å². The molecule has 0 bridgehead atoms. The van der Waals surface area contributed by atoms with Crippen LogP contribution in [-0.2, 0) is 6.42 Å². The molecule has 0 saturated carbocycles. The Balaban J connectivity index is 2.01. The average Bonchev–Trinajstić information content (AvgIpc) is 2.40. The van der Waals surface area contributed by atoms with Crippen molar-refractivity contribution in [3.8, 4) is 5.75 Å². The second-order valence-corrected chi connectivity index (χ2v) is 5.34. The maximum Gasteiger partial charge on any atom is 0.168 e. The molecule has 3 nitrogen and oxygen atoms in total. The first-order valence-electron chi connectivity index (χ1n) is 6.15. The van der Waals surface area contributed by atoms with Crippen LogP contribution in [0.2, 0.25) is 0 Å². The fraction of sp³-hybridized carbons (Fsp3) is 0.538. The predicted molar refractivity (Wildman–Crippen MR) is 73.7 cm³/mol. The SMILES string of the molecule is COc1cc(Br)cc(CCN2CCNCC2)c1F. The summed E-state index contributed by atoms with van der Waals surface area (Å²) in [5.41, 5.74) is 0.708. The van der Waals surface area contributed by atoms with Gasteiger partial charge in [-0.3, -0.25) is 0 Å². The molecule has 1 aromatic rings. The van der Waals surface area contributed by atoms with Crippen LogP contribution in [-0.4, -0.2) is 44.7 Å². The Morgan fingerprint density at radius 2 is 2.11 bits per heavy atom. The van der Waals surface area contributed by atoms with Crippen molar-refractivity contribution >= 4 is 15.9 Å². The summed E-state index contributed by atoms with van der Waals surface area (Å²) in [7, 11) is 1.49. The number of benzene rings is 1. The molecule has 0 amide bonds. The van der Waals surface area contributed by atoms with Crippen LogP contribution in [0, 0.1) is 5.82 Å². The van der Waals surface area contributed by atoms with E-state index >= 15 is 0 Å². The van der Waals surface area contributed by atoms with E-state index in [2.05, 4.69) is 26.1 Å². The molecule has 1 N–H and O–H groups in total. The Morgan fingerprint density at radius 3 is 2.78 bits per heavy atom. The zero-order chi connectivity index (χ0) is 13.0. The molecule has 100 valence electrons. The molecule has 5 heteroatoms. The van der Waals surface area contributed by atoms with Crippen LogP contribution >= 0.6 is 15.9 Å². The summed E-state index contributed by atoms with van der Waals surface area (Å²) in [6, 6.07) is 3.49. The lowest BCUT2D eigenvalue weighted by atomic mass is 10.1. The summed E-state index contributed by atoms with van der Waals surface area (Å²) in [4.78, 5) is 2.35. The molecule has 0 aliphatic carbocycles. The zero-order valence-electron chi connectivity index (χ0n) is 10.5. The van der Waals surface area contributed by atoms with E-state index in [9.17, 15) is 4.39 Å². The van der Waals surface area contributed by atoms with Crippen molar-refractivity contribution < 1.29 is 9.13 Å². The van der Waals surface area contributed by atoms with Crippen molar-refractivity contribution in [3.63, 3.8) is 0 Å². The number of halogens is 2. The van der Waals surface area contributed by atoms with Gasteiger partial charge in [-0.25, -0.2) is 4.39 Å². The predicted octanol–water partition coefficient (Wildman–Crippen LogP) is 2.04. The molecule has 1 heterocycles. The molecule has 0 radical (unpaired) electrons. The first-order valence-corrected chi connectivity index (χ1v) is 6.95. The molecule has 1 saturated heterocycles. The van der Waals surface area contributed by atoms with Crippen LogP contribution in [0.25, 0.3) is 0 Å². The van der Waals surface area contributed by atoms with Crippen LogP contribution in [0.5, 0.6) is 5.75 Å². The number of rotatable bonds is 4. The fourth-order valence-electron chi connectivity index (χ4n) is 2.16. The summed E-state index contributed by atoms with van der Waals surface area (Å²) in [6.07, 6.45) is 0.710. The third-order valence-corrected chi connectivity index (χ3v) is 3.66. The normalized spacial score (nSPS) is 16.8. The van der Waals surface area contributed by atoms with Gasteiger partial charge in [0.1, 0.15) is 0 Å². The second-order valence-electron chi connectivity index (χ2n) is 4.42. The largest absolute Gasteiger partial charge is 0.494 e. The summed E-state index contributed by atoms with van der Waals surface area (Å²) in [5, 5.41) is 3.31. The van der Waals surface area contributed by atoms with Gasteiger partial charge < -0.3 is 15.0 Å². The zero-order valence-corrected chi connectivity index (χ0v) is 12.1. The first-order chi connectivity index (χ1) is 8.70. The molecule has 1 aromatic carbocycles. The molecular weight excluding hydrogens is 299 g/mol. The minimum atomic E-state index is -0.240. The smallest absolute Gasteiger partial charge is 0.168 e. The van der Waals surface area contributed by atoms with E-state index < -0.39 is 0 Å². The van der Waals surface area contributed by atoms with E-state index in [1.165, 1.54) is 7.11 Å². The lowest BCUT2D eigenvalue weighted by Gasteiger charge is -2.27. The van der Waals surface area contributed by atoms with Crippen molar-refractivity contribution in [2.24, 2.45) is 0 Å². The minimum absolute atomic E-state index is 0.240. The van der Waals surface area contributed by atoms with E-state index in [-0.39, 0.29) is 5.82 Å². The maximum atomic E-state index is 14.0. The molecule has 0 unspecified atom stereocenters. The van der Waals surface area contributed by atoms with Gasteiger partial charge >= 0.3 is 0 Å². The number of hydrogen-bond donors (Lipinski definition) is 1. The van der Waals surface area contributed by atoms with E-state index in [1.807, 2.05) is 6.07 Å². The van der Waals surface area contributed by atoms with Crippen LogP contribution in [0.1, 0.15) is 5.56 Å². The lowest BCUT2D eigenvalue weighted by molar-refractivity contribution is 0.243. The van der Waals surface area contributed by atoms with Gasteiger partial charge in [0, 0.05) is 37.2 Å². The highest BCUT2D eigenvalue weighted by molar-refractivity contribution is 9.10. The molecule has 18 heavy (non-hydrogen) atoms. The van der Waals surface area contributed by atoms with Crippen molar-refractivity contribution in [1.82, 2.24) is 10.2 Å². The van der Waals surface area contributed by atoms with Crippen molar-refractivity contribution in [2.75, 3.05) is 39.8 Å². The van der Waals surface area contributed by atoms with Crippen molar-refractivity contribution in [3.05, 3.63) is 28.0 Å². The number of nitrogens with one attached hydrogen (secondary N) is 1. The molecule has 2 rings (SSSR count). The van der Waals surface area contributed by atoms with Gasteiger partial charge in [-0.1, -0.05) is 15.9 Å². The molecule has 0 atom stereocenters. The Hall–Kier alpha value is -0.650. The summed E-state index contributed by atoms with van der Waals surface area (Å²) < 4.78 is 19.9. The summed E-state index contributed by atoms with van der Waals surface area (Å²) >= 11 is 3.38. The standard InChI is InChI=1S/C13H18BrFN2O/c1-18-12-9-11(14)8-10(13(12)15)2-5-17-6-3-16-4-7-17/h8-9,16H,2-7H2,1H3. The van der Waals surface area contributed by atoms with Gasteiger partial charge in [0.2, 0.25) is 0 Å². The van der Waals surface area contributed by atoms with Crippen LogP contribution in [0.15, 0.2) is 16.6 Å². The first kappa shape index (κ1) is 13.8. The number of methoxy groups -OCH3 is 1. The van der Waals surface area contributed by atoms with Crippen molar-refractivity contribution in [1.29, 1.82) is 0 Å². The van der Waals surface area contributed by atoms with Gasteiger partial charge in [-0.2, -0.15) is 0 Å². The van der Waals surface area contributed by atoms with Crippen LogP contribution in [0.4, 0.5) is 4.39 Å². The monoisotopic (exact) mass is 316 g/mol. The van der Waals surface area contributed by atoms with Gasteiger partial charge in [0.25, 0.3) is 0 Å². The highest BCUT2D eigenvalue weighted by Gasteiger charge is 2.13. The minimum Gasteiger partial charge on any atom is -0.494 e. The molecule has 0 spiro atoms. The Kier molecular flexibility index (Phi) is 4.97. The molecule has 1 aliphatic heterocycles. The highest BCUT2D eigenvalue weighted by Crippen LogP contribution is 2.26. The number of hydrogen-bond acceptors (Lipinski definition) is 3. The third-order valence-electron chi connectivity index (χ3n) is 3.21.